The van der Waals surface area contributed by atoms with E-state index >= 15 is 0 Å². The zero-order valence-corrected chi connectivity index (χ0v) is 20.1. The van der Waals surface area contributed by atoms with E-state index in [9.17, 15) is 9.18 Å². The van der Waals surface area contributed by atoms with Crippen molar-refractivity contribution >= 4 is 34.7 Å². The van der Waals surface area contributed by atoms with E-state index in [2.05, 4.69) is 25.4 Å². The molecule has 2 N–H and O–H groups in total. The first-order valence-electron chi connectivity index (χ1n) is 10.9. The van der Waals surface area contributed by atoms with Crippen molar-refractivity contribution < 1.29 is 18.7 Å². The molecule has 0 unspecified atom stereocenters. The molecule has 1 aromatic carbocycles. The van der Waals surface area contributed by atoms with Crippen LogP contribution in [0.25, 0.3) is 0 Å². The summed E-state index contributed by atoms with van der Waals surface area (Å²) in [5, 5.41) is 13.3. The van der Waals surface area contributed by atoms with Gasteiger partial charge in [0.15, 0.2) is 10.8 Å². The van der Waals surface area contributed by atoms with Crippen molar-refractivity contribution in [3.63, 3.8) is 0 Å². The number of hydrogen-bond acceptors (Lipinski definition) is 9. The maximum atomic E-state index is 13.8. The molecule has 12 heteroatoms. The summed E-state index contributed by atoms with van der Waals surface area (Å²) in [7, 11) is 1.32. The van der Waals surface area contributed by atoms with Crippen LogP contribution in [0, 0.1) is 5.82 Å². The Bertz CT molecular complexity index is 1330. The molecule has 1 saturated heterocycles. The van der Waals surface area contributed by atoms with Gasteiger partial charge in [0.1, 0.15) is 11.9 Å². The van der Waals surface area contributed by atoms with E-state index in [4.69, 9.17) is 26.1 Å². The van der Waals surface area contributed by atoms with Gasteiger partial charge in [0.2, 0.25) is 0 Å². The molecule has 9 nitrogen and oxygen atoms in total. The van der Waals surface area contributed by atoms with Crippen molar-refractivity contribution in [2.24, 2.45) is 4.99 Å². The van der Waals surface area contributed by atoms with E-state index in [1.54, 1.807) is 12.3 Å². The molecule has 0 aliphatic carbocycles. The minimum Gasteiger partial charge on any atom is -0.466 e. The number of nitrogens with one attached hydrogen (secondary N) is 2. The highest BCUT2D eigenvalue weighted by molar-refractivity contribution is 7.11. The molecule has 0 radical (unpaired) electrons. The van der Waals surface area contributed by atoms with E-state index in [-0.39, 0.29) is 17.1 Å². The number of amidine groups is 1. The van der Waals surface area contributed by atoms with Gasteiger partial charge < -0.3 is 14.8 Å². The molecule has 2 aromatic heterocycles. The second kappa shape index (κ2) is 8.83. The molecule has 3 aromatic rings. The largest absolute Gasteiger partial charge is 0.466 e. The average molecular weight is 515 g/mol. The van der Waals surface area contributed by atoms with Gasteiger partial charge in [-0.05, 0) is 12.1 Å². The monoisotopic (exact) mass is 514 g/mol. The highest BCUT2D eigenvalue weighted by Crippen LogP contribution is 2.45. The molecule has 2 bridgehead atoms. The first-order chi connectivity index (χ1) is 17.0. The number of fused-ring (bicyclic) bond motifs is 5. The molecule has 3 aliphatic heterocycles. The van der Waals surface area contributed by atoms with Crippen LogP contribution < -0.4 is 5.32 Å². The number of nitrogens with zero attached hydrogens (tertiary/aromatic N) is 4. The Morgan fingerprint density at radius 3 is 2.97 bits per heavy atom. The molecule has 5 heterocycles. The normalized spacial score (nSPS) is 23.6. The van der Waals surface area contributed by atoms with Gasteiger partial charge in [-0.25, -0.2) is 14.2 Å². The maximum Gasteiger partial charge on any atom is 0.338 e. The van der Waals surface area contributed by atoms with E-state index in [0.717, 1.165) is 11.3 Å². The Morgan fingerprint density at radius 1 is 1.34 bits per heavy atom. The molecule has 35 heavy (non-hydrogen) atoms. The van der Waals surface area contributed by atoms with Gasteiger partial charge in [-0.15, -0.1) is 11.3 Å². The van der Waals surface area contributed by atoms with Crippen LogP contribution in [0.3, 0.4) is 0 Å². The zero-order valence-electron chi connectivity index (χ0n) is 18.5. The van der Waals surface area contributed by atoms with Crippen LogP contribution in [0.5, 0.6) is 0 Å². The van der Waals surface area contributed by atoms with Crippen LogP contribution in [0.4, 0.5) is 4.39 Å². The number of H-pyrrole nitrogens is 1. The Kier molecular flexibility index (Phi) is 5.64. The predicted octanol–water partition coefficient (Wildman–Crippen LogP) is 3.31. The lowest BCUT2D eigenvalue weighted by Gasteiger charge is -2.37. The summed E-state index contributed by atoms with van der Waals surface area (Å²) in [5.74, 6) is -0.505. The SMILES string of the molecule is COC(=O)C1=C(CN2[C@@H]3COC[C@H]2c2cn[nH]c23)NC(c2nccs2)=N[C@H]1c1ccc(F)cc1Cl. The summed E-state index contributed by atoms with van der Waals surface area (Å²) >= 11 is 7.85. The number of thiazole rings is 1. The number of ether oxygens (including phenoxy) is 2. The van der Waals surface area contributed by atoms with Gasteiger partial charge in [0.25, 0.3) is 0 Å². The number of halogens is 2. The number of hydrogen-bond donors (Lipinski definition) is 2. The highest BCUT2D eigenvalue weighted by Gasteiger charge is 2.45. The molecule has 6 rings (SSSR count). The lowest BCUT2D eigenvalue weighted by Crippen LogP contribution is -2.43. The molecule has 1 fully saturated rings. The number of esters is 1. The molecule has 3 aliphatic rings. The van der Waals surface area contributed by atoms with Crippen molar-refractivity contribution in [1.29, 1.82) is 0 Å². The molecule has 180 valence electrons. The zero-order chi connectivity index (χ0) is 24.1. The summed E-state index contributed by atoms with van der Waals surface area (Å²) in [4.78, 5) is 24.6. The lowest BCUT2D eigenvalue weighted by molar-refractivity contribution is -0.136. The Labute approximate surface area is 208 Å². The van der Waals surface area contributed by atoms with Gasteiger partial charge >= 0.3 is 5.97 Å². The summed E-state index contributed by atoms with van der Waals surface area (Å²) in [6.07, 6.45) is 3.51. The van der Waals surface area contributed by atoms with Crippen LogP contribution in [0.2, 0.25) is 5.02 Å². The first kappa shape index (κ1) is 22.4. The summed E-state index contributed by atoms with van der Waals surface area (Å²) < 4.78 is 24.8. The Hall–Kier alpha value is -3.12. The van der Waals surface area contributed by atoms with Gasteiger partial charge in [0.05, 0.1) is 49.9 Å². The fourth-order valence-electron chi connectivity index (χ4n) is 4.93. The smallest absolute Gasteiger partial charge is 0.338 e. The summed E-state index contributed by atoms with van der Waals surface area (Å²) in [6, 6.07) is 3.22. The van der Waals surface area contributed by atoms with E-state index in [1.165, 1.54) is 30.6 Å². The second-order valence-corrected chi connectivity index (χ2v) is 9.67. The molecule has 0 saturated carbocycles. The number of aliphatic imine (C=N–C) groups is 1. The number of benzene rings is 1. The Morgan fingerprint density at radius 2 is 2.20 bits per heavy atom. The van der Waals surface area contributed by atoms with Crippen LogP contribution >= 0.6 is 22.9 Å². The van der Waals surface area contributed by atoms with E-state index < -0.39 is 17.8 Å². The average Bonchev–Trinajstić information content (AvgIpc) is 3.58. The van der Waals surface area contributed by atoms with E-state index in [0.29, 0.717) is 47.4 Å². The maximum absolute atomic E-state index is 13.8. The molecule has 0 amide bonds. The van der Waals surface area contributed by atoms with Crippen LogP contribution in [-0.4, -0.2) is 58.8 Å². The minimum absolute atomic E-state index is 0.00858. The number of methoxy groups -OCH3 is 1. The quantitative estimate of drug-likeness (QED) is 0.503. The molecule has 3 atom stereocenters. The van der Waals surface area contributed by atoms with Crippen molar-refractivity contribution in [2.75, 3.05) is 26.9 Å². The third-order valence-corrected chi connectivity index (χ3v) is 7.62. The van der Waals surface area contributed by atoms with Crippen molar-refractivity contribution in [1.82, 2.24) is 25.4 Å². The number of aromatic nitrogens is 3. The van der Waals surface area contributed by atoms with Crippen LogP contribution in [0.1, 0.15) is 40.0 Å². The fraction of sp³-hybridized carbons (Fsp3) is 0.304. The van der Waals surface area contributed by atoms with Crippen molar-refractivity contribution in [2.45, 2.75) is 18.1 Å². The van der Waals surface area contributed by atoms with Crippen LogP contribution in [-0.2, 0) is 14.3 Å². The second-order valence-electron chi connectivity index (χ2n) is 8.37. The van der Waals surface area contributed by atoms with Gasteiger partial charge in [-0.3, -0.25) is 15.0 Å². The van der Waals surface area contributed by atoms with Gasteiger partial charge in [-0.2, -0.15) is 5.10 Å². The Balaban J connectivity index is 1.46. The van der Waals surface area contributed by atoms with Crippen molar-refractivity contribution in [3.05, 3.63) is 79.9 Å². The molecule has 0 spiro atoms. The number of morpholine rings is 1. The molecular weight excluding hydrogens is 495 g/mol. The van der Waals surface area contributed by atoms with Gasteiger partial charge in [-0.1, -0.05) is 17.7 Å². The van der Waals surface area contributed by atoms with Crippen LogP contribution in [0.15, 0.2) is 52.2 Å². The number of carbonyl (C=O) groups is 1. The van der Waals surface area contributed by atoms with Gasteiger partial charge in [0, 0.05) is 40.0 Å². The van der Waals surface area contributed by atoms with E-state index in [1.807, 2.05) is 11.6 Å². The number of carbonyl (C=O) groups excluding carboxylic acids is 1. The third-order valence-electron chi connectivity index (χ3n) is 6.51. The standard InChI is InChI=1S/C23H20ClFN6O3S/c1-33-23(32)18-15(8-31-16-9-34-10-17(31)19-13(16)7-27-30-19)28-21(22-26-4-5-35-22)29-20(18)12-3-2-11(25)6-14(12)24/h2-7,16-17,20H,8-10H2,1H3,(H,27,30)(H,28,29)/t16-,17+,20-/m0/s1. The third kappa shape index (κ3) is 3.75. The number of aromatic amines is 1. The topological polar surface area (TPSA) is 105 Å². The highest BCUT2D eigenvalue weighted by atomic mass is 35.5. The lowest BCUT2D eigenvalue weighted by atomic mass is 9.95. The first-order valence-corrected chi connectivity index (χ1v) is 12.2. The summed E-state index contributed by atoms with van der Waals surface area (Å²) in [5.41, 5.74) is 3.55. The fourth-order valence-corrected chi connectivity index (χ4v) is 5.78. The predicted molar refractivity (Wildman–Crippen MR) is 127 cm³/mol. The molecular formula is C23H20ClFN6O3S. The number of rotatable bonds is 5. The van der Waals surface area contributed by atoms with Crippen molar-refractivity contribution in [3.8, 4) is 0 Å². The summed E-state index contributed by atoms with van der Waals surface area (Å²) in [6.45, 7) is 1.42. The minimum atomic E-state index is -0.802.